The summed E-state index contributed by atoms with van der Waals surface area (Å²) in [4.78, 5) is 33.9. The molecule has 7 heteroatoms. The molecule has 0 aliphatic heterocycles. The number of allylic oxidation sites excluding steroid dienone is 2. The van der Waals surface area contributed by atoms with E-state index >= 15 is 0 Å². The molecule has 5 aromatic heterocycles. The molecule has 39 heavy (non-hydrogen) atoms. The first-order valence-corrected chi connectivity index (χ1v) is 15.9. The summed E-state index contributed by atoms with van der Waals surface area (Å²) in [6, 6.07) is 20.5. The molecule has 0 amide bonds. The number of hydrogen-bond acceptors (Lipinski definition) is 7. The number of carbonyl (C=O) groups excluding carboxylic acids is 2. The van der Waals surface area contributed by atoms with Crippen LogP contribution in [-0.2, 0) is 22.4 Å². The molecule has 190 valence electrons. The molecular weight excluding hydrogens is 577 g/mol. The molecule has 5 aromatic rings. The zero-order valence-corrected chi connectivity index (χ0v) is 24.7. The van der Waals surface area contributed by atoms with Gasteiger partial charge in [-0.25, -0.2) is 0 Å². The van der Waals surface area contributed by atoms with Gasteiger partial charge in [0.1, 0.15) is 0 Å². The minimum atomic E-state index is 0.0212. The number of hydrogen-bond donors (Lipinski definition) is 0. The van der Waals surface area contributed by atoms with Crippen molar-refractivity contribution in [1.29, 1.82) is 0 Å². The van der Waals surface area contributed by atoms with Crippen LogP contribution in [0.5, 0.6) is 0 Å². The van der Waals surface area contributed by atoms with E-state index in [9.17, 15) is 9.59 Å². The van der Waals surface area contributed by atoms with Crippen molar-refractivity contribution in [2.75, 3.05) is 0 Å². The van der Waals surface area contributed by atoms with Gasteiger partial charge in [-0.1, -0.05) is 13.2 Å². The molecule has 0 bridgehead atoms. The molecule has 0 aliphatic carbocycles. The first-order valence-electron chi connectivity index (χ1n) is 11.8. The third-order valence-electron chi connectivity index (χ3n) is 5.40. The highest BCUT2D eigenvalue weighted by molar-refractivity contribution is 7.26. The summed E-state index contributed by atoms with van der Waals surface area (Å²) in [5.74, 6) is 13.0. The average molecular weight is 597 g/mol. The van der Waals surface area contributed by atoms with Gasteiger partial charge < -0.3 is 0 Å². The van der Waals surface area contributed by atoms with Gasteiger partial charge in [-0.05, 0) is 96.5 Å². The fourth-order valence-corrected chi connectivity index (χ4v) is 8.14. The zero-order valence-electron chi connectivity index (χ0n) is 20.6. The van der Waals surface area contributed by atoms with Gasteiger partial charge in [0.15, 0.2) is 11.6 Å². The van der Waals surface area contributed by atoms with E-state index in [2.05, 4.69) is 73.2 Å². The lowest BCUT2D eigenvalue weighted by atomic mass is 10.2. The Labute approximate surface area is 247 Å². The lowest BCUT2D eigenvalue weighted by molar-refractivity contribution is -0.114. The van der Waals surface area contributed by atoms with Crippen LogP contribution in [0.2, 0.25) is 0 Å². The van der Waals surface area contributed by atoms with E-state index in [1.54, 1.807) is 56.7 Å². The summed E-state index contributed by atoms with van der Waals surface area (Å²) >= 11 is 8.23. The van der Waals surface area contributed by atoms with E-state index in [1.165, 1.54) is 31.7 Å². The number of ketones is 2. The van der Waals surface area contributed by atoms with Gasteiger partial charge in [0.05, 0.1) is 19.5 Å². The second kappa shape index (κ2) is 12.5. The molecule has 0 aliphatic rings. The van der Waals surface area contributed by atoms with Gasteiger partial charge in [0.2, 0.25) is 0 Å². The van der Waals surface area contributed by atoms with Gasteiger partial charge >= 0.3 is 0 Å². The van der Waals surface area contributed by atoms with Crippen LogP contribution in [0.25, 0.3) is 19.5 Å². The standard InChI is InChI=1S/C32H20O2S5/c1-3-21(33)19-27-11-9-23(35-27)5-7-25-13-15-29(37-25)31-17-18-32(39-31)30-16-14-26(38-30)8-6-24-10-12-28(36-24)20-22(34)4-2/h3-4,9-18H,1-2,19-20H2. The molecule has 0 saturated carbocycles. The predicted molar refractivity (Wildman–Crippen MR) is 169 cm³/mol. The van der Waals surface area contributed by atoms with Crippen LogP contribution in [0.3, 0.4) is 0 Å². The molecule has 0 radical (unpaired) electrons. The van der Waals surface area contributed by atoms with Crippen LogP contribution >= 0.6 is 56.7 Å². The Balaban J connectivity index is 1.24. The van der Waals surface area contributed by atoms with Crippen molar-refractivity contribution in [1.82, 2.24) is 0 Å². The second-order valence-electron chi connectivity index (χ2n) is 8.22. The Kier molecular flexibility index (Phi) is 8.68. The lowest BCUT2D eigenvalue weighted by Gasteiger charge is -1.90. The zero-order chi connectivity index (χ0) is 27.2. The molecule has 0 fully saturated rings. The van der Waals surface area contributed by atoms with Crippen LogP contribution < -0.4 is 0 Å². The van der Waals surface area contributed by atoms with Crippen LogP contribution in [-0.4, -0.2) is 11.6 Å². The maximum absolute atomic E-state index is 11.6. The van der Waals surface area contributed by atoms with Gasteiger partial charge in [-0.3, -0.25) is 9.59 Å². The fourth-order valence-electron chi connectivity index (χ4n) is 3.49. The van der Waals surface area contributed by atoms with Crippen LogP contribution in [0.1, 0.15) is 29.3 Å². The number of thiophene rings is 5. The van der Waals surface area contributed by atoms with Crippen molar-refractivity contribution >= 4 is 68.3 Å². The predicted octanol–water partition coefficient (Wildman–Crippen LogP) is 8.72. The summed E-state index contributed by atoms with van der Waals surface area (Å²) in [5, 5.41) is 0. The van der Waals surface area contributed by atoms with Gasteiger partial charge in [0, 0.05) is 42.1 Å². The van der Waals surface area contributed by atoms with E-state index in [0.717, 1.165) is 29.3 Å². The van der Waals surface area contributed by atoms with Crippen molar-refractivity contribution in [3.05, 3.63) is 115 Å². The molecule has 5 heterocycles. The molecule has 0 atom stereocenters. The van der Waals surface area contributed by atoms with Crippen LogP contribution in [0, 0.1) is 23.7 Å². The molecular formula is C32H20O2S5. The van der Waals surface area contributed by atoms with Crippen molar-refractivity contribution in [2.45, 2.75) is 12.8 Å². The summed E-state index contributed by atoms with van der Waals surface area (Å²) in [6.07, 6.45) is 3.48. The third-order valence-corrected chi connectivity index (χ3v) is 10.9. The quantitative estimate of drug-likeness (QED) is 0.133. The van der Waals surface area contributed by atoms with E-state index in [0.29, 0.717) is 12.8 Å². The highest BCUT2D eigenvalue weighted by Crippen LogP contribution is 2.39. The van der Waals surface area contributed by atoms with Crippen molar-refractivity contribution in [2.24, 2.45) is 0 Å². The smallest absolute Gasteiger partial charge is 0.160 e. The third kappa shape index (κ3) is 7.10. The van der Waals surface area contributed by atoms with Gasteiger partial charge in [-0.15, -0.1) is 56.7 Å². The average Bonchev–Trinajstić information content (AvgIpc) is 3.76. The summed E-state index contributed by atoms with van der Waals surface area (Å²) < 4.78 is 0. The monoisotopic (exact) mass is 596 g/mol. The van der Waals surface area contributed by atoms with Crippen molar-refractivity contribution in [3.8, 4) is 43.2 Å². The largest absolute Gasteiger partial charge is 0.294 e. The maximum atomic E-state index is 11.6. The summed E-state index contributed by atoms with van der Waals surface area (Å²) in [7, 11) is 0. The first-order chi connectivity index (χ1) is 19.0. The minimum absolute atomic E-state index is 0.0212. The van der Waals surface area contributed by atoms with Crippen molar-refractivity contribution in [3.63, 3.8) is 0 Å². The van der Waals surface area contributed by atoms with E-state index in [-0.39, 0.29) is 11.6 Å². The molecule has 0 saturated heterocycles. The van der Waals surface area contributed by atoms with Gasteiger partial charge in [0.25, 0.3) is 0 Å². The van der Waals surface area contributed by atoms with Crippen LogP contribution in [0.4, 0.5) is 0 Å². The summed E-state index contributed by atoms with van der Waals surface area (Å²) in [6.45, 7) is 7.06. The van der Waals surface area contributed by atoms with E-state index in [1.807, 2.05) is 24.3 Å². The topological polar surface area (TPSA) is 34.1 Å². The first kappa shape index (κ1) is 27.0. The molecule has 0 aromatic carbocycles. The molecule has 0 N–H and O–H groups in total. The van der Waals surface area contributed by atoms with Crippen LogP contribution in [0.15, 0.2) is 86.0 Å². The highest BCUT2D eigenvalue weighted by Gasteiger charge is 2.10. The molecule has 2 nitrogen and oxygen atoms in total. The Bertz CT molecular complexity index is 1680. The Morgan fingerprint density at radius 2 is 0.846 bits per heavy atom. The SMILES string of the molecule is C=CC(=O)Cc1ccc(C#Cc2ccc(-c3ccc(-c4ccc(C#Cc5ccc(CC(=O)C=C)s5)s4)s3)s2)s1. The molecule has 5 rings (SSSR count). The summed E-state index contributed by atoms with van der Waals surface area (Å²) in [5.41, 5.74) is 0. The lowest BCUT2D eigenvalue weighted by Crippen LogP contribution is -1.94. The highest BCUT2D eigenvalue weighted by atomic mass is 32.1. The molecule has 0 spiro atoms. The van der Waals surface area contributed by atoms with Gasteiger partial charge in [-0.2, -0.15) is 0 Å². The number of rotatable bonds is 8. The Hall–Kier alpha value is -3.56. The maximum Gasteiger partial charge on any atom is 0.160 e. The number of carbonyl (C=O) groups is 2. The van der Waals surface area contributed by atoms with E-state index in [4.69, 9.17) is 0 Å². The van der Waals surface area contributed by atoms with E-state index < -0.39 is 0 Å². The Morgan fingerprint density at radius 3 is 1.26 bits per heavy atom. The normalized spacial score (nSPS) is 10.3. The second-order valence-corrected chi connectivity index (χ2v) is 13.8. The molecule has 0 unspecified atom stereocenters. The van der Waals surface area contributed by atoms with Crippen molar-refractivity contribution < 1.29 is 9.59 Å². The Morgan fingerprint density at radius 1 is 0.513 bits per heavy atom. The fraction of sp³-hybridized carbons (Fsp3) is 0.0625. The minimum Gasteiger partial charge on any atom is -0.294 e.